The molecule has 0 aromatic carbocycles. The first-order valence-electron chi connectivity index (χ1n) is 4.98. The number of aliphatic carboxylic acids is 2. The van der Waals surface area contributed by atoms with Crippen molar-refractivity contribution < 1.29 is 24.6 Å². The third-order valence-electron chi connectivity index (χ3n) is 1.81. The van der Waals surface area contributed by atoms with Gasteiger partial charge in [-0.15, -0.1) is 11.8 Å². The van der Waals surface area contributed by atoms with Gasteiger partial charge in [-0.1, -0.05) is 0 Å². The van der Waals surface area contributed by atoms with E-state index >= 15 is 0 Å². The van der Waals surface area contributed by atoms with Gasteiger partial charge in [-0.25, -0.2) is 0 Å². The molecule has 0 saturated carbocycles. The SMILES string of the molecule is CCNC(=O)CC(SCC(N)C(=O)O)C(=O)O. The largest absolute Gasteiger partial charge is 0.480 e. The van der Waals surface area contributed by atoms with Crippen molar-refractivity contribution in [3.8, 4) is 0 Å². The average Bonchev–Trinajstić information content (AvgIpc) is 2.23. The van der Waals surface area contributed by atoms with Gasteiger partial charge in [0.15, 0.2) is 0 Å². The van der Waals surface area contributed by atoms with E-state index in [9.17, 15) is 14.4 Å². The molecular formula is C9H16N2O5S. The van der Waals surface area contributed by atoms with Gasteiger partial charge in [0.05, 0.1) is 0 Å². The van der Waals surface area contributed by atoms with Gasteiger partial charge >= 0.3 is 11.9 Å². The number of rotatable bonds is 8. The van der Waals surface area contributed by atoms with Crippen LogP contribution in [0.2, 0.25) is 0 Å². The maximum atomic E-state index is 11.2. The van der Waals surface area contributed by atoms with Gasteiger partial charge in [0, 0.05) is 18.7 Å². The Hall–Kier alpha value is -1.28. The second-order valence-electron chi connectivity index (χ2n) is 3.26. The number of carbonyl (C=O) groups is 3. The van der Waals surface area contributed by atoms with E-state index in [0.717, 1.165) is 11.8 Å². The van der Waals surface area contributed by atoms with Crippen LogP contribution in [0.1, 0.15) is 13.3 Å². The predicted octanol–water partition coefficient (Wildman–Crippen LogP) is -0.889. The molecule has 0 saturated heterocycles. The molecule has 0 aromatic rings. The van der Waals surface area contributed by atoms with Gasteiger partial charge in [0.25, 0.3) is 0 Å². The first kappa shape index (κ1) is 15.7. The van der Waals surface area contributed by atoms with Crippen LogP contribution in [0.15, 0.2) is 0 Å². The van der Waals surface area contributed by atoms with Crippen LogP contribution in [0.4, 0.5) is 0 Å². The molecule has 0 spiro atoms. The number of amides is 1. The number of carbonyl (C=O) groups excluding carboxylic acids is 1. The van der Waals surface area contributed by atoms with Crippen molar-refractivity contribution >= 4 is 29.6 Å². The van der Waals surface area contributed by atoms with Gasteiger partial charge in [0.1, 0.15) is 11.3 Å². The second kappa shape index (κ2) is 7.91. The highest BCUT2D eigenvalue weighted by Gasteiger charge is 2.23. The molecule has 17 heavy (non-hydrogen) atoms. The lowest BCUT2D eigenvalue weighted by Gasteiger charge is -2.13. The number of nitrogens with one attached hydrogen (secondary N) is 1. The zero-order valence-corrected chi connectivity index (χ0v) is 10.2. The van der Waals surface area contributed by atoms with E-state index in [-0.39, 0.29) is 18.1 Å². The monoisotopic (exact) mass is 264 g/mol. The van der Waals surface area contributed by atoms with Crippen molar-refractivity contribution in [1.82, 2.24) is 5.32 Å². The van der Waals surface area contributed by atoms with Gasteiger partial charge in [-0.3, -0.25) is 14.4 Å². The van der Waals surface area contributed by atoms with Gasteiger partial charge in [0.2, 0.25) is 5.91 Å². The standard InChI is InChI=1S/C9H16N2O5S/c1-2-11-7(12)3-6(9(15)16)17-4-5(10)8(13)14/h5-6H,2-4,10H2,1H3,(H,11,12)(H,13,14)(H,15,16). The van der Waals surface area contributed by atoms with Crippen LogP contribution in [0, 0.1) is 0 Å². The lowest BCUT2D eigenvalue weighted by molar-refractivity contribution is -0.139. The van der Waals surface area contributed by atoms with Crippen LogP contribution in [0.3, 0.4) is 0 Å². The molecule has 8 heteroatoms. The fourth-order valence-electron chi connectivity index (χ4n) is 0.946. The van der Waals surface area contributed by atoms with Crippen molar-refractivity contribution in [3.05, 3.63) is 0 Å². The molecule has 5 N–H and O–H groups in total. The van der Waals surface area contributed by atoms with Crippen LogP contribution in [0.25, 0.3) is 0 Å². The second-order valence-corrected chi connectivity index (χ2v) is 4.50. The van der Waals surface area contributed by atoms with Crippen molar-refractivity contribution in [2.75, 3.05) is 12.3 Å². The number of nitrogens with two attached hydrogens (primary N) is 1. The van der Waals surface area contributed by atoms with E-state index in [4.69, 9.17) is 15.9 Å². The molecule has 0 rings (SSSR count). The molecule has 98 valence electrons. The van der Waals surface area contributed by atoms with E-state index in [1.165, 1.54) is 0 Å². The van der Waals surface area contributed by atoms with E-state index < -0.39 is 23.2 Å². The first-order valence-corrected chi connectivity index (χ1v) is 6.02. The number of thioether (sulfide) groups is 1. The number of hydrogen-bond acceptors (Lipinski definition) is 5. The molecule has 0 bridgehead atoms. The quantitative estimate of drug-likeness (QED) is 0.447. The highest BCUT2D eigenvalue weighted by molar-refractivity contribution is 8.00. The number of carboxylic acid groups (broad SMARTS) is 2. The predicted molar refractivity (Wildman–Crippen MR) is 62.8 cm³/mol. The normalized spacial score (nSPS) is 13.8. The minimum absolute atomic E-state index is 0.0499. The molecule has 0 aliphatic carbocycles. The Morgan fingerprint density at radius 3 is 2.29 bits per heavy atom. The van der Waals surface area contributed by atoms with Crippen LogP contribution >= 0.6 is 11.8 Å². The Kier molecular flexibility index (Phi) is 7.31. The summed E-state index contributed by atoms with van der Waals surface area (Å²) in [5.74, 6) is -2.78. The molecule has 0 heterocycles. The zero-order chi connectivity index (χ0) is 13.4. The summed E-state index contributed by atoms with van der Waals surface area (Å²) in [6.07, 6.45) is -0.194. The zero-order valence-electron chi connectivity index (χ0n) is 9.38. The Bertz CT molecular complexity index is 297. The van der Waals surface area contributed by atoms with Gasteiger partial charge in [-0.2, -0.15) is 0 Å². The number of carboxylic acids is 2. The summed E-state index contributed by atoms with van der Waals surface area (Å²) in [6.45, 7) is 2.14. The Balaban J connectivity index is 4.21. The number of hydrogen-bond donors (Lipinski definition) is 4. The van der Waals surface area contributed by atoms with E-state index in [1.54, 1.807) is 6.92 Å². The topological polar surface area (TPSA) is 130 Å². The summed E-state index contributed by atoms with van der Waals surface area (Å²) < 4.78 is 0. The molecular weight excluding hydrogens is 248 g/mol. The smallest absolute Gasteiger partial charge is 0.321 e. The van der Waals surface area contributed by atoms with Crippen LogP contribution in [-0.4, -0.2) is 51.6 Å². The lowest BCUT2D eigenvalue weighted by Crippen LogP contribution is -2.35. The summed E-state index contributed by atoms with van der Waals surface area (Å²) in [5.41, 5.74) is 5.24. The molecule has 2 atom stereocenters. The molecule has 2 unspecified atom stereocenters. The molecule has 0 aliphatic rings. The van der Waals surface area contributed by atoms with Crippen molar-refractivity contribution in [3.63, 3.8) is 0 Å². The molecule has 0 radical (unpaired) electrons. The summed E-state index contributed by atoms with van der Waals surface area (Å²) in [4.78, 5) is 32.5. The molecule has 7 nitrogen and oxygen atoms in total. The summed E-state index contributed by atoms with van der Waals surface area (Å²) in [5, 5.41) is 18.9. The fourth-order valence-corrected chi connectivity index (χ4v) is 1.94. The minimum Gasteiger partial charge on any atom is -0.480 e. The summed E-state index contributed by atoms with van der Waals surface area (Å²) in [7, 11) is 0. The van der Waals surface area contributed by atoms with Crippen LogP contribution in [0.5, 0.6) is 0 Å². The first-order chi connectivity index (χ1) is 7.88. The van der Waals surface area contributed by atoms with E-state index in [2.05, 4.69) is 5.32 Å². The van der Waals surface area contributed by atoms with Crippen molar-refractivity contribution in [2.45, 2.75) is 24.6 Å². The maximum absolute atomic E-state index is 11.2. The third-order valence-corrected chi connectivity index (χ3v) is 3.14. The highest BCUT2D eigenvalue weighted by atomic mass is 32.2. The third kappa shape index (κ3) is 6.80. The Labute approximate surface area is 103 Å². The van der Waals surface area contributed by atoms with Crippen molar-refractivity contribution in [1.29, 1.82) is 0 Å². The Morgan fingerprint density at radius 1 is 1.29 bits per heavy atom. The van der Waals surface area contributed by atoms with Crippen LogP contribution in [-0.2, 0) is 14.4 Å². The van der Waals surface area contributed by atoms with Crippen molar-refractivity contribution in [2.24, 2.45) is 5.73 Å². The maximum Gasteiger partial charge on any atom is 0.321 e. The molecule has 0 aromatic heterocycles. The van der Waals surface area contributed by atoms with E-state index in [1.807, 2.05) is 0 Å². The van der Waals surface area contributed by atoms with E-state index in [0.29, 0.717) is 6.54 Å². The Morgan fingerprint density at radius 2 is 1.88 bits per heavy atom. The van der Waals surface area contributed by atoms with Gasteiger partial charge in [-0.05, 0) is 6.92 Å². The average molecular weight is 264 g/mol. The molecule has 0 fully saturated rings. The molecule has 0 aliphatic heterocycles. The summed E-state index contributed by atoms with van der Waals surface area (Å²) >= 11 is 0.854. The molecule has 1 amide bonds. The fraction of sp³-hybridized carbons (Fsp3) is 0.667. The summed E-state index contributed by atoms with van der Waals surface area (Å²) in [6, 6.07) is -1.13. The van der Waals surface area contributed by atoms with Crippen LogP contribution < -0.4 is 11.1 Å². The van der Waals surface area contributed by atoms with Gasteiger partial charge < -0.3 is 21.3 Å². The minimum atomic E-state index is -1.19. The highest BCUT2D eigenvalue weighted by Crippen LogP contribution is 2.16. The lowest BCUT2D eigenvalue weighted by atomic mass is 10.3.